The minimum atomic E-state index is -0.379. The zero-order valence-corrected chi connectivity index (χ0v) is 11.1. The number of hydrogen-bond acceptors (Lipinski definition) is 3. The lowest BCUT2D eigenvalue weighted by Gasteiger charge is -2.09. The van der Waals surface area contributed by atoms with Crippen LogP contribution in [0.15, 0.2) is 42.5 Å². The largest absolute Gasteiger partial charge is 0.489 e. The highest BCUT2D eigenvalue weighted by Crippen LogP contribution is 2.17. The van der Waals surface area contributed by atoms with E-state index in [9.17, 15) is 4.39 Å². The average molecular weight is 271 g/mol. The Morgan fingerprint density at radius 2 is 2.00 bits per heavy atom. The molecule has 4 heteroatoms. The van der Waals surface area contributed by atoms with Crippen LogP contribution in [0.2, 0.25) is 0 Å². The van der Waals surface area contributed by atoms with Crippen LogP contribution < -0.4 is 4.74 Å². The van der Waals surface area contributed by atoms with Crippen molar-refractivity contribution in [2.24, 2.45) is 0 Å². The number of ether oxygens (including phenoxy) is 2. The summed E-state index contributed by atoms with van der Waals surface area (Å²) in [6.07, 6.45) is 0. The third-order valence-electron chi connectivity index (χ3n) is 2.79. The van der Waals surface area contributed by atoms with Gasteiger partial charge in [-0.1, -0.05) is 12.1 Å². The van der Waals surface area contributed by atoms with Crippen molar-refractivity contribution in [3.63, 3.8) is 0 Å². The fourth-order valence-electron chi connectivity index (χ4n) is 1.84. The van der Waals surface area contributed by atoms with Gasteiger partial charge in [0.25, 0.3) is 0 Å². The van der Waals surface area contributed by atoms with Gasteiger partial charge in [-0.25, -0.2) is 4.39 Å². The summed E-state index contributed by atoms with van der Waals surface area (Å²) in [6.45, 7) is 0.650. The summed E-state index contributed by atoms with van der Waals surface area (Å²) in [6, 6.07) is 13.5. The number of benzene rings is 2. The van der Waals surface area contributed by atoms with Gasteiger partial charge in [0, 0.05) is 12.7 Å². The molecule has 0 aliphatic carbocycles. The Labute approximate surface area is 117 Å². The molecule has 0 saturated heterocycles. The number of hydrogen-bond donors (Lipinski definition) is 0. The van der Waals surface area contributed by atoms with Gasteiger partial charge >= 0.3 is 0 Å². The van der Waals surface area contributed by atoms with Gasteiger partial charge in [-0.2, -0.15) is 5.26 Å². The molecule has 102 valence electrons. The average Bonchev–Trinajstić information content (AvgIpc) is 2.46. The Kier molecular flexibility index (Phi) is 4.70. The second-order valence-corrected chi connectivity index (χ2v) is 4.28. The summed E-state index contributed by atoms with van der Waals surface area (Å²) < 4.78 is 23.8. The first-order valence-corrected chi connectivity index (χ1v) is 6.12. The lowest BCUT2D eigenvalue weighted by Crippen LogP contribution is -1.99. The van der Waals surface area contributed by atoms with Gasteiger partial charge in [-0.3, -0.25) is 0 Å². The van der Waals surface area contributed by atoms with Crippen LogP contribution in [0, 0.1) is 17.1 Å². The van der Waals surface area contributed by atoms with Crippen LogP contribution in [0.25, 0.3) is 0 Å². The van der Waals surface area contributed by atoms with E-state index in [2.05, 4.69) is 0 Å². The fraction of sp³-hybridized carbons (Fsp3) is 0.188. The maximum absolute atomic E-state index is 13.2. The number of rotatable bonds is 5. The van der Waals surface area contributed by atoms with Crippen molar-refractivity contribution in [1.29, 1.82) is 5.26 Å². The molecule has 0 spiro atoms. The van der Waals surface area contributed by atoms with Crippen molar-refractivity contribution >= 4 is 0 Å². The highest BCUT2D eigenvalue weighted by atomic mass is 19.1. The molecular weight excluding hydrogens is 257 g/mol. The quantitative estimate of drug-likeness (QED) is 0.836. The van der Waals surface area contributed by atoms with E-state index in [0.717, 1.165) is 5.56 Å². The van der Waals surface area contributed by atoms with E-state index in [0.29, 0.717) is 23.5 Å². The summed E-state index contributed by atoms with van der Waals surface area (Å²) in [4.78, 5) is 0. The van der Waals surface area contributed by atoms with Crippen LogP contribution in [0.1, 0.15) is 16.7 Å². The van der Waals surface area contributed by atoms with Gasteiger partial charge in [-0.15, -0.1) is 0 Å². The lowest BCUT2D eigenvalue weighted by molar-refractivity contribution is 0.184. The zero-order chi connectivity index (χ0) is 14.4. The van der Waals surface area contributed by atoms with Gasteiger partial charge < -0.3 is 9.47 Å². The molecule has 0 aliphatic heterocycles. The van der Waals surface area contributed by atoms with Gasteiger partial charge in [-0.05, 0) is 35.9 Å². The van der Waals surface area contributed by atoms with Crippen molar-refractivity contribution in [3.8, 4) is 11.8 Å². The SMILES string of the molecule is COCc1cccc(OCc2cc(F)ccc2C#N)c1. The molecule has 0 bridgehead atoms. The van der Waals surface area contributed by atoms with Crippen LogP contribution in [0.4, 0.5) is 4.39 Å². The minimum Gasteiger partial charge on any atom is -0.489 e. The van der Waals surface area contributed by atoms with Crippen molar-refractivity contribution in [2.45, 2.75) is 13.2 Å². The van der Waals surface area contributed by atoms with Crippen molar-refractivity contribution in [3.05, 3.63) is 65.0 Å². The van der Waals surface area contributed by atoms with E-state index >= 15 is 0 Å². The molecule has 0 atom stereocenters. The Morgan fingerprint density at radius 1 is 1.15 bits per heavy atom. The summed E-state index contributed by atoms with van der Waals surface area (Å²) in [5.74, 6) is 0.281. The molecule has 2 aromatic rings. The van der Waals surface area contributed by atoms with Crippen LogP contribution >= 0.6 is 0 Å². The molecule has 0 aliphatic rings. The third-order valence-corrected chi connectivity index (χ3v) is 2.79. The fourth-order valence-corrected chi connectivity index (χ4v) is 1.84. The summed E-state index contributed by atoms with van der Waals surface area (Å²) in [7, 11) is 1.62. The Bertz CT molecular complexity index is 635. The number of nitriles is 1. The molecular formula is C16H14FNO2. The van der Waals surface area contributed by atoms with E-state index in [1.54, 1.807) is 7.11 Å². The van der Waals surface area contributed by atoms with E-state index in [4.69, 9.17) is 14.7 Å². The molecule has 2 aromatic carbocycles. The number of methoxy groups -OCH3 is 1. The van der Waals surface area contributed by atoms with E-state index in [-0.39, 0.29) is 12.4 Å². The van der Waals surface area contributed by atoms with E-state index < -0.39 is 0 Å². The molecule has 3 nitrogen and oxygen atoms in total. The zero-order valence-electron chi connectivity index (χ0n) is 11.1. The van der Waals surface area contributed by atoms with Crippen molar-refractivity contribution in [2.75, 3.05) is 7.11 Å². The topological polar surface area (TPSA) is 42.2 Å². The predicted octanol–water partition coefficient (Wildman–Crippen LogP) is 3.42. The van der Waals surface area contributed by atoms with Gasteiger partial charge in [0.05, 0.1) is 18.2 Å². The molecule has 20 heavy (non-hydrogen) atoms. The van der Waals surface area contributed by atoms with Crippen LogP contribution in [0.3, 0.4) is 0 Å². The third kappa shape index (κ3) is 3.56. The van der Waals surface area contributed by atoms with Crippen LogP contribution in [0.5, 0.6) is 5.75 Å². The molecule has 0 aromatic heterocycles. The summed E-state index contributed by atoms with van der Waals surface area (Å²) in [5.41, 5.74) is 1.94. The van der Waals surface area contributed by atoms with Crippen molar-refractivity contribution in [1.82, 2.24) is 0 Å². The maximum atomic E-state index is 13.2. The molecule has 0 saturated carbocycles. The number of nitrogens with zero attached hydrogens (tertiary/aromatic N) is 1. The molecule has 0 heterocycles. The van der Waals surface area contributed by atoms with Gasteiger partial charge in [0.2, 0.25) is 0 Å². The highest BCUT2D eigenvalue weighted by molar-refractivity contribution is 5.38. The second-order valence-electron chi connectivity index (χ2n) is 4.28. The predicted molar refractivity (Wildman–Crippen MR) is 72.6 cm³/mol. The first-order chi connectivity index (χ1) is 9.72. The number of halogens is 1. The first kappa shape index (κ1) is 14.0. The minimum absolute atomic E-state index is 0.150. The van der Waals surface area contributed by atoms with Gasteiger partial charge in [0.1, 0.15) is 18.2 Å². The lowest BCUT2D eigenvalue weighted by atomic mass is 10.1. The highest BCUT2D eigenvalue weighted by Gasteiger charge is 2.05. The Morgan fingerprint density at radius 3 is 2.75 bits per heavy atom. The first-order valence-electron chi connectivity index (χ1n) is 6.12. The molecule has 2 rings (SSSR count). The Balaban J connectivity index is 2.11. The van der Waals surface area contributed by atoms with Crippen molar-refractivity contribution < 1.29 is 13.9 Å². The van der Waals surface area contributed by atoms with E-state index in [1.807, 2.05) is 30.3 Å². The summed E-state index contributed by atoms with van der Waals surface area (Å²) in [5, 5.41) is 8.98. The van der Waals surface area contributed by atoms with E-state index in [1.165, 1.54) is 18.2 Å². The Hall–Kier alpha value is -2.38. The van der Waals surface area contributed by atoms with Crippen LogP contribution in [-0.2, 0) is 18.0 Å². The molecule has 0 unspecified atom stereocenters. The molecule has 0 fully saturated rings. The normalized spacial score (nSPS) is 10.1. The maximum Gasteiger partial charge on any atom is 0.123 e. The molecule has 0 radical (unpaired) electrons. The summed E-state index contributed by atoms with van der Waals surface area (Å²) >= 11 is 0. The molecule has 0 amide bonds. The standard InChI is InChI=1S/C16H14FNO2/c1-19-10-12-3-2-4-16(7-12)20-11-14-8-15(17)6-5-13(14)9-18/h2-8H,10-11H2,1H3. The monoisotopic (exact) mass is 271 g/mol. The molecule has 0 N–H and O–H groups in total. The second kappa shape index (κ2) is 6.69. The smallest absolute Gasteiger partial charge is 0.123 e. The van der Waals surface area contributed by atoms with Crippen LogP contribution in [-0.4, -0.2) is 7.11 Å². The van der Waals surface area contributed by atoms with Gasteiger partial charge in [0.15, 0.2) is 0 Å².